The van der Waals surface area contributed by atoms with Crippen molar-refractivity contribution in [1.29, 1.82) is 0 Å². The van der Waals surface area contributed by atoms with Crippen molar-refractivity contribution < 1.29 is 18.8 Å². The van der Waals surface area contributed by atoms with E-state index < -0.39 is 0 Å². The smallest absolute Gasteiger partial charge is 0.227 e. The Kier molecular flexibility index (Phi) is 3.95. The van der Waals surface area contributed by atoms with E-state index in [2.05, 4.69) is 15.5 Å². The van der Waals surface area contributed by atoms with Crippen molar-refractivity contribution in [2.75, 3.05) is 13.7 Å². The van der Waals surface area contributed by atoms with Crippen LogP contribution in [0.25, 0.3) is 0 Å². The molecule has 1 aromatic heterocycles. The fourth-order valence-corrected chi connectivity index (χ4v) is 2.39. The van der Waals surface area contributed by atoms with Crippen molar-refractivity contribution in [3.63, 3.8) is 0 Å². The number of aryl methyl sites for hydroxylation is 1. The Morgan fingerprint density at radius 1 is 1.50 bits per heavy atom. The second kappa shape index (κ2) is 6.05. The van der Waals surface area contributed by atoms with Crippen molar-refractivity contribution in [2.45, 2.75) is 19.9 Å². The minimum Gasteiger partial charge on any atom is -0.497 e. The van der Waals surface area contributed by atoms with Crippen molar-refractivity contribution in [1.82, 2.24) is 15.5 Å². The van der Waals surface area contributed by atoms with Crippen LogP contribution in [0.4, 0.5) is 0 Å². The Hall–Kier alpha value is -2.57. The summed E-state index contributed by atoms with van der Waals surface area (Å²) < 4.78 is 15.7. The lowest BCUT2D eigenvalue weighted by Gasteiger charge is -2.24. The summed E-state index contributed by atoms with van der Waals surface area (Å²) >= 11 is 0. The number of rotatable bonds is 4. The summed E-state index contributed by atoms with van der Waals surface area (Å²) in [6.45, 7) is 2.31. The van der Waals surface area contributed by atoms with Crippen LogP contribution in [0.2, 0.25) is 0 Å². The molecule has 1 aromatic carbocycles. The topological polar surface area (TPSA) is 86.5 Å². The minimum atomic E-state index is -0.243. The molecule has 0 spiro atoms. The molecule has 0 saturated heterocycles. The molecule has 1 aliphatic rings. The number of carbonyl (C=O) groups is 1. The highest BCUT2D eigenvalue weighted by atomic mass is 16.5. The lowest BCUT2D eigenvalue weighted by molar-refractivity contribution is -0.126. The molecule has 1 atom stereocenters. The molecule has 0 saturated carbocycles. The van der Waals surface area contributed by atoms with E-state index in [4.69, 9.17) is 14.0 Å². The normalized spacial score (nSPS) is 16.5. The molecule has 0 aliphatic carbocycles. The fraction of sp³-hybridized carbons (Fsp3) is 0.400. The van der Waals surface area contributed by atoms with Crippen LogP contribution >= 0.6 is 0 Å². The van der Waals surface area contributed by atoms with E-state index in [1.54, 1.807) is 14.0 Å². The van der Waals surface area contributed by atoms with Crippen LogP contribution in [0.5, 0.6) is 11.5 Å². The third-order valence-electron chi connectivity index (χ3n) is 3.54. The first-order valence-corrected chi connectivity index (χ1v) is 7.02. The average Bonchev–Trinajstić information content (AvgIpc) is 2.97. The van der Waals surface area contributed by atoms with E-state index in [1.807, 2.05) is 18.2 Å². The van der Waals surface area contributed by atoms with Gasteiger partial charge in [-0.25, -0.2) is 0 Å². The summed E-state index contributed by atoms with van der Waals surface area (Å²) in [5.41, 5.74) is 0.973. The Balaban J connectivity index is 1.62. The first-order valence-electron chi connectivity index (χ1n) is 7.02. The summed E-state index contributed by atoms with van der Waals surface area (Å²) in [5, 5.41) is 6.55. The standard InChI is InChI=1S/C15H17N3O4/c1-9-17-14(18-22-9)7-16-15(19)11-5-10-6-12(20-2)3-4-13(10)21-8-11/h3-4,6,11H,5,7-8H2,1-2H3,(H,16,19)/t11-/m1/s1. The number of amides is 1. The molecular formula is C15H17N3O4. The van der Waals surface area contributed by atoms with E-state index in [9.17, 15) is 4.79 Å². The van der Waals surface area contributed by atoms with Crippen molar-refractivity contribution >= 4 is 5.91 Å². The number of hydrogen-bond acceptors (Lipinski definition) is 6. The molecule has 116 valence electrons. The van der Waals surface area contributed by atoms with Crippen LogP contribution in [0.3, 0.4) is 0 Å². The Bertz CT molecular complexity index is 683. The van der Waals surface area contributed by atoms with Gasteiger partial charge in [0.25, 0.3) is 0 Å². The molecule has 1 amide bonds. The zero-order valence-electron chi connectivity index (χ0n) is 12.5. The first-order chi connectivity index (χ1) is 10.7. The monoisotopic (exact) mass is 303 g/mol. The Morgan fingerprint density at radius 3 is 3.09 bits per heavy atom. The van der Waals surface area contributed by atoms with Gasteiger partial charge in [-0.05, 0) is 30.2 Å². The highest BCUT2D eigenvalue weighted by molar-refractivity contribution is 5.79. The number of aromatic nitrogens is 2. The number of ether oxygens (including phenoxy) is 2. The predicted octanol–water partition coefficient (Wildman–Crippen LogP) is 1.25. The number of carbonyl (C=O) groups excluding carboxylic acids is 1. The number of hydrogen-bond donors (Lipinski definition) is 1. The molecule has 0 bridgehead atoms. The highest BCUT2D eigenvalue weighted by Gasteiger charge is 2.26. The summed E-state index contributed by atoms with van der Waals surface area (Å²) in [5.74, 6) is 2.17. The zero-order valence-corrected chi connectivity index (χ0v) is 12.5. The van der Waals surface area contributed by atoms with E-state index >= 15 is 0 Å². The maximum absolute atomic E-state index is 12.2. The third-order valence-corrected chi connectivity index (χ3v) is 3.54. The van der Waals surface area contributed by atoms with E-state index in [1.165, 1.54) is 0 Å². The van der Waals surface area contributed by atoms with E-state index in [0.717, 1.165) is 17.1 Å². The SMILES string of the molecule is COc1ccc2c(c1)C[C@@H](C(=O)NCc1noc(C)n1)CO2. The highest BCUT2D eigenvalue weighted by Crippen LogP contribution is 2.30. The van der Waals surface area contributed by atoms with Crippen LogP contribution in [-0.4, -0.2) is 29.8 Å². The van der Waals surface area contributed by atoms with Crippen LogP contribution in [0, 0.1) is 12.8 Å². The molecule has 1 aliphatic heterocycles. The van der Waals surface area contributed by atoms with Gasteiger partial charge in [-0.3, -0.25) is 4.79 Å². The van der Waals surface area contributed by atoms with Gasteiger partial charge in [0.1, 0.15) is 18.1 Å². The molecule has 22 heavy (non-hydrogen) atoms. The van der Waals surface area contributed by atoms with Gasteiger partial charge < -0.3 is 19.3 Å². The maximum Gasteiger partial charge on any atom is 0.227 e. The van der Waals surface area contributed by atoms with E-state index in [0.29, 0.717) is 24.7 Å². The number of methoxy groups -OCH3 is 1. The Morgan fingerprint density at radius 2 is 2.36 bits per heavy atom. The second-order valence-corrected chi connectivity index (χ2v) is 5.13. The van der Waals surface area contributed by atoms with Gasteiger partial charge in [0.15, 0.2) is 5.82 Å². The van der Waals surface area contributed by atoms with Gasteiger partial charge in [0, 0.05) is 6.92 Å². The van der Waals surface area contributed by atoms with E-state index in [-0.39, 0.29) is 18.4 Å². The van der Waals surface area contributed by atoms with Gasteiger partial charge in [-0.2, -0.15) is 4.98 Å². The Labute approximate surface area is 127 Å². The zero-order chi connectivity index (χ0) is 15.5. The van der Waals surface area contributed by atoms with Crippen LogP contribution < -0.4 is 14.8 Å². The fourth-order valence-electron chi connectivity index (χ4n) is 2.39. The minimum absolute atomic E-state index is 0.0871. The molecule has 2 heterocycles. The third kappa shape index (κ3) is 3.03. The molecular weight excluding hydrogens is 286 g/mol. The van der Waals surface area contributed by atoms with Crippen LogP contribution in [0.15, 0.2) is 22.7 Å². The van der Waals surface area contributed by atoms with Crippen molar-refractivity contribution in [3.8, 4) is 11.5 Å². The second-order valence-electron chi connectivity index (χ2n) is 5.13. The van der Waals surface area contributed by atoms with Crippen molar-refractivity contribution in [2.24, 2.45) is 5.92 Å². The summed E-state index contributed by atoms with van der Waals surface area (Å²) in [7, 11) is 1.61. The summed E-state index contributed by atoms with van der Waals surface area (Å²) in [6.07, 6.45) is 0.615. The average molecular weight is 303 g/mol. The van der Waals surface area contributed by atoms with Crippen molar-refractivity contribution in [3.05, 3.63) is 35.5 Å². The number of benzene rings is 1. The molecule has 2 aromatic rings. The van der Waals surface area contributed by atoms with Gasteiger partial charge in [0.2, 0.25) is 11.8 Å². The quantitative estimate of drug-likeness (QED) is 0.915. The predicted molar refractivity (Wildman–Crippen MR) is 76.6 cm³/mol. The molecule has 0 fully saturated rings. The molecule has 7 heteroatoms. The molecule has 3 rings (SSSR count). The number of fused-ring (bicyclic) bond motifs is 1. The molecule has 0 radical (unpaired) electrons. The maximum atomic E-state index is 12.2. The lowest BCUT2D eigenvalue weighted by atomic mass is 9.96. The summed E-state index contributed by atoms with van der Waals surface area (Å²) in [6, 6.07) is 5.61. The van der Waals surface area contributed by atoms with Crippen LogP contribution in [0.1, 0.15) is 17.3 Å². The number of nitrogens with one attached hydrogen (secondary N) is 1. The molecule has 0 unspecified atom stereocenters. The largest absolute Gasteiger partial charge is 0.497 e. The molecule has 7 nitrogen and oxygen atoms in total. The van der Waals surface area contributed by atoms with Gasteiger partial charge >= 0.3 is 0 Å². The number of nitrogens with zero attached hydrogens (tertiary/aromatic N) is 2. The van der Waals surface area contributed by atoms with Gasteiger partial charge in [-0.15, -0.1) is 0 Å². The molecule has 1 N–H and O–H groups in total. The van der Waals surface area contributed by atoms with Gasteiger partial charge in [-0.1, -0.05) is 5.16 Å². The van der Waals surface area contributed by atoms with Crippen LogP contribution in [-0.2, 0) is 17.8 Å². The lowest BCUT2D eigenvalue weighted by Crippen LogP contribution is -2.37. The van der Waals surface area contributed by atoms with Gasteiger partial charge in [0.05, 0.1) is 19.6 Å². The summed E-state index contributed by atoms with van der Waals surface area (Å²) in [4.78, 5) is 16.3. The first kappa shape index (κ1) is 14.4.